The van der Waals surface area contributed by atoms with Crippen molar-refractivity contribution >= 4 is 27.0 Å². The summed E-state index contributed by atoms with van der Waals surface area (Å²) in [6, 6.07) is 5.27. The largest absolute Gasteiger partial charge is 0.398 e. The maximum Gasteiger partial charge on any atom is 0.245 e. The summed E-state index contributed by atoms with van der Waals surface area (Å²) < 4.78 is 39.3. The van der Waals surface area contributed by atoms with E-state index < -0.39 is 15.8 Å². The first-order chi connectivity index (χ1) is 9.32. The molecule has 1 aromatic carbocycles. The summed E-state index contributed by atoms with van der Waals surface area (Å²) in [5.74, 6) is -0.626. The van der Waals surface area contributed by atoms with E-state index in [9.17, 15) is 12.8 Å². The van der Waals surface area contributed by atoms with Crippen LogP contribution in [0.3, 0.4) is 0 Å². The van der Waals surface area contributed by atoms with Gasteiger partial charge in [0.15, 0.2) is 0 Å². The Balaban J connectivity index is 2.35. The SMILES string of the molecule is Cc1ccsc1CN(C)S(=O)(=O)c1cc(F)ccc1N. The van der Waals surface area contributed by atoms with Crippen molar-refractivity contribution in [2.75, 3.05) is 12.8 Å². The average Bonchev–Trinajstić information content (AvgIpc) is 2.78. The molecule has 0 aliphatic carbocycles. The zero-order valence-corrected chi connectivity index (χ0v) is 12.8. The fourth-order valence-electron chi connectivity index (χ4n) is 1.75. The first-order valence-corrected chi connectivity index (χ1v) is 8.18. The Labute approximate surface area is 121 Å². The summed E-state index contributed by atoms with van der Waals surface area (Å²) in [7, 11) is -2.35. The van der Waals surface area contributed by atoms with Gasteiger partial charge in [0.1, 0.15) is 10.7 Å². The van der Waals surface area contributed by atoms with Gasteiger partial charge in [0.25, 0.3) is 0 Å². The highest BCUT2D eigenvalue weighted by molar-refractivity contribution is 7.89. The number of hydrogen-bond acceptors (Lipinski definition) is 4. The van der Waals surface area contributed by atoms with Crippen LogP contribution in [0.5, 0.6) is 0 Å². The summed E-state index contributed by atoms with van der Waals surface area (Å²) in [6.07, 6.45) is 0. The molecule has 1 heterocycles. The summed E-state index contributed by atoms with van der Waals surface area (Å²) in [5.41, 5.74) is 6.72. The van der Waals surface area contributed by atoms with Gasteiger partial charge >= 0.3 is 0 Å². The number of benzene rings is 1. The van der Waals surface area contributed by atoms with E-state index in [0.29, 0.717) is 0 Å². The Morgan fingerprint density at radius 2 is 2.05 bits per heavy atom. The molecule has 20 heavy (non-hydrogen) atoms. The molecule has 0 radical (unpaired) electrons. The van der Waals surface area contributed by atoms with E-state index in [2.05, 4.69) is 0 Å². The fourth-order valence-corrected chi connectivity index (χ4v) is 4.06. The van der Waals surface area contributed by atoms with Crippen molar-refractivity contribution in [3.05, 3.63) is 45.9 Å². The first-order valence-electron chi connectivity index (χ1n) is 5.86. The maximum absolute atomic E-state index is 13.2. The molecule has 0 spiro atoms. The Kier molecular flexibility index (Phi) is 4.12. The van der Waals surface area contributed by atoms with E-state index in [1.165, 1.54) is 28.8 Å². The predicted octanol–water partition coefficient (Wildman–Crippen LogP) is 2.60. The zero-order valence-electron chi connectivity index (χ0n) is 11.1. The molecule has 0 fully saturated rings. The molecular weight excluding hydrogens is 299 g/mol. The minimum absolute atomic E-state index is 0.0427. The molecule has 0 unspecified atom stereocenters. The monoisotopic (exact) mass is 314 g/mol. The van der Waals surface area contributed by atoms with E-state index in [1.807, 2.05) is 18.4 Å². The number of sulfonamides is 1. The maximum atomic E-state index is 13.2. The second-order valence-electron chi connectivity index (χ2n) is 4.47. The Morgan fingerprint density at radius 3 is 2.65 bits per heavy atom. The van der Waals surface area contributed by atoms with Gasteiger partial charge < -0.3 is 5.73 Å². The van der Waals surface area contributed by atoms with Crippen LogP contribution in [0.25, 0.3) is 0 Å². The Morgan fingerprint density at radius 1 is 1.35 bits per heavy atom. The molecule has 1 aromatic heterocycles. The van der Waals surface area contributed by atoms with Crippen LogP contribution in [0.4, 0.5) is 10.1 Å². The van der Waals surface area contributed by atoms with Crippen LogP contribution in [0.1, 0.15) is 10.4 Å². The van der Waals surface area contributed by atoms with Gasteiger partial charge in [0.05, 0.1) is 5.69 Å². The van der Waals surface area contributed by atoms with Crippen molar-refractivity contribution in [2.45, 2.75) is 18.4 Å². The number of nitrogens with two attached hydrogens (primary N) is 1. The third-order valence-electron chi connectivity index (χ3n) is 3.00. The molecule has 0 aliphatic rings. The van der Waals surface area contributed by atoms with Gasteiger partial charge in [-0.25, -0.2) is 12.8 Å². The highest BCUT2D eigenvalue weighted by Crippen LogP contribution is 2.25. The third-order valence-corrected chi connectivity index (χ3v) is 5.87. The Hall–Kier alpha value is -1.44. The molecule has 0 aliphatic heterocycles. The average molecular weight is 314 g/mol. The van der Waals surface area contributed by atoms with Crippen molar-refractivity contribution in [3.63, 3.8) is 0 Å². The van der Waals surface area contributed by atoms with Crippen LogP contribution < -0.4 is 5.73 Å². The normalized spacial score (nSPS) is 12.0. The fraction of sp³-hybridized carbons (Fsp3) is 0.231. The molecule has 0 bridgehead atoms. The minimum Gasteiger partial charge on any atom is -0.398 e. The second kappa shape index (κ2) is 5.51. The van der Waals surface area contributed by atoms with Gasteiger partial charge in [-0.05, 0) is 42.1 Å². The van der Waals surface area contributed by atoms with Crippen molar-refractivity contribution in [1.82, 2.24) is 4.31 Å². The van der Waals surface area contributed by atoms with Crippen LogP contribution >= 0.6 is 11.3 Å². The summed E-state index contributed by atoms with van der Waals surface area (Å²) in [5, 5.41) is 1.90. The summed E-state index contributed by atoms with van der Waals surface area (Å²) in [6.45, 7) is 2.16. The lowest BCUT2D eigenvalue weighted by Crippen LogP contribution is -2.27. The zero-order chi connectivity index (χ0) is 14.9. The first kappa shape index (κ1) is 15.0. The second-order valence-corrected chi connectivity index (χ2v) is 7.48. The lowest BCUT2D eigenvalue weighted by Gasteiger charge is -2.18. The van der Waals surface area contributed by atoms with Crippen LogP contribution in [-0.2, 0) is 16.6 Å². The van der Waals surface area contributed by atoms with E-state index >= 15 is 0 Å². The highest BCUT2D eigenvalue weighted by Gasteiger charge is 2.24. The molecular formula is C13H15FN2O2S2. The molecule has 7 heteroatoms. The molecule has 0 saturated heterocycles. The number of nitrogen functional groups attached to an aromatic ring is 1. The Bertz CT molecular complexity index is 726. The predicted molar refractivity (Wildman–Crippen MR) is 78.5 cm³/mol. The van der Waals surface area contributed by atoms with Crippen molar-refractivity contribution in [1.29, 1.82) is 0 Å². The van der Waals surface area contributed by atoms with E-state index in [1.54, 1.807) is 0 Å². The van der Waals surface area contributed by atoms with Crippen LogP contribution in [0.15, 0.2) is 34.5 Å². The quantitative estimate of drug-likeness (QED) is 0.882. The van der Waals surface area contributed by atoms with Crippen molar-refractivity contribution in [2.24, 2.45) is 0 Å². The number of aryl methyl sites for hydroxylation is 1. The van der Waals surface area contributed by atoms with Crippen LogP contribution in [-0.4, -0.2) is 19.8 Å². The summed E-state index contributed by atoms with van der Waals surface area (Å²) >= 11 is 1.49. The molecule has 0 saturated carbocycles. The van der Waals surface area contributed by atoms with E-state index in [-0.39, 0.29) is 17.1 Å². The lowest BCUT2D eigenvalue weighted by molar-refractivity contribution is 0.468. The van der Waals surface area contributed by atoms with Crippen LogP contribution in [0, 0.1) is 12.7 Å². The van der Waals surface area contributed by atoms with Crippen molar-refractivity contribution < 1.29 is 12.8 Å². The molecule has 108 valence electrons. The lowest BCUT2D eigenvalue weighted by atomic mass is 10.3. The van der Waals surface area contributed by atoms with E-state index in [0.717, 1.165) is 22.6 Å². The van der Waals surface area contributed by atoms with Gasteiger partial charge in [-0.15, -0.1) is 11.3 Å². The molecule has 0 atom stereocenters. The molecule has 2 rings (SSSR count). The van der Waals surface area contributed by atoms with Gasteiger partial charge in [-0.3, -0.25) is 0 Å². The topological polar surface area (TPSA) is 63.4 Å². The van der Waals surface area contributed by atoms with Gasteiger partial charge in [-0.2, -0.15) is 4.31 Å². The van der Waals surface area contributed by atoms with Crippen LogP contribution in [0.2, 0.25) is 0 Å². The third kappa shape index (κ3) is 2.84. The molecule has 2 N–H and O–H groups in total. The standard InChI is InChI=1S/C13H15FN2O2S2/c1-9-5-6-19-12(9)8-16(2)20(17,18)13-7-10(14)3-4-11(13)15/h3-7H,8,15H2,1-2H3. The highest BCUT2D eigenvalue weighted by atomic mass is 32.2. The number of anilines is 1. The van der Waals surface area contributed by atoms with E-state index in [4.69, 9.17) is 5.73 Å². The smallest absolute Gasteiger partial charge is 0.245 e. The number of thiophene rings is 1. The van der Waals surface area contributed by atoms with Gasteiger partial charge in [-0.1, -0.05) is 0 Å². The summed E-state index contributed by atoms with van der Waals surface area (Å²) in [4.78, 5) is 0.750. The molecule has 2 aromatic rings. The number of nitrogens with zero attached hydrogens (tertiary/aromatic N) is 1. The van der Waals surface area contributed by atoms with Gasteiger partial charge in [0, 0.05) is 18.5 Å². The van der Waals surface area contributed by atoms with Gasteiger partial charge in [0.2, 0.25) is 10.0 Å². The minimum atomic E-state index is -3.81. The number of hydrogen-bond donors (Lipinski definition) is 1. The van der Waals surface area contributed by atoms with Crippen molar-refractivity contribution in [3.8, 4) is 0 Å². The molecule has 4 nitrogen and oxygen atoms in total. The molecule has 0 amide bonds. The number of rotatable bonds is 4. The number of halogens is 1.